The molecule has 0 fully saturated rings. The topological polar surface area (TPSA) is 92.8 Å². The Balaban J connectivity index is 2.11. The first-order valence-electron chi connectivity index (χ1n) is 7.98. The average molecular weight is 445 g/mol. The smallest absolute Gasteiger partial charge is 0.340 e. The normalized spacial score (nSPS) is 11.4. The van der Waals surface area contributed by atoms with E-state index in [1.807, 2.05) is 0 Å². The van der Waals surface area contributed by atoms with Gasteiger partial charge < -0.3 is 10.1 Å². The highest BCUT2D eigenvalue weighted by atomic mass is 35.5. The molecule has 7 nitrogen and oxygen atoms in total. The Morgan fingerprint density at radius 1 is 1.11 bits per heavy atom. The SMILES string of the molecule is Cc1c(Cl)cccc1NC(=O)COC(=O)c1cc(S(=O)(=O)N(C)C)ccc1Cl. The molecule has 0 saturated heterocycles. The van der Waals surface area contributed by atoms with Crippen molar-refractivity contribution in [3.8, 4) is 0 Å². The van der Waals surface area contributed by atoms with Gasteiger partial charge in [0, 0.05) is 24.8 Å². The van der Waals surface area contributed by atoms with Gasteiger partial charge in [0.25, 0.3) is 5.91 Å². The first-order valence-corrected chi connectivity index (χ1v) is 10.2. The molecular formula is C18H18Cl2N2O5S. The molecule has 1 amide bonds. The molecule has 10 heteroatoms. The van der Waals surface area contributed by atoms with Crippen molar-refractivity contribution in [3.63, 3.8) is 0 Å². The minimum absolute atomic E-state index is 0.00815. The van der Waals surface area contributed by atoms with Crippen LogP contribution in [-0.2, 0) is 19.6 Å². The molecule has 0 saturated carbocycles. The predicted molar refractivity (Wildman–Crippen MR) is 107 cm³/mol. The van der Waals surface area contributed by atoms with Gasteiger partial charge in [-0.3, -0.25) is 4.79 Å². The predicted octanol–water partition coefficient (Wildman–Crippen LogP) is 3.35. The summed E-state index contributed by atoms with van der Waals surface area (Å²) in [6.07, 6.45) is 0. The molecule has 150 valence electrons. The number of nitrogens with zero attached hydrogens (tertiary/aromatic N) is 1. The number of anilines is 1. The molecule has 0 aliphatic rings. The highest BCUT2D eigenvalue weighted by Gasteiger charge is 2.22. The van der Waals surface area contributed by atoms with E-state index in [4.69, 9.17) is 27.9 Å². The van der Waals surface area contributed by atoms with Crippen molar-refractivity contribution in [2.24, 2.45) is 0 Å². The zero-order valence-corrected chi connectivity index (χ0v) is 17.7. The summed E-state index contributed by atoms with van der Waals surface area (Å²) in [5, 5.41) is 3.08. The Hall–Kier alpha value is -2.13. The average Bonchev–Trinajstić information content (AvgIpc) is 2.63. The lowest BCUT2D eigenvalue weighted by Crippen LogP contribution is -2.23. The largest absolute Gasteiger partial charge is 0.452 e. The number of esters is 1. The Labute approximate surface area is 173 Å². The second-order valence-corrected chi connectivity index (χ2v) is 8.93. The molecule has 2 aromatic rings. The van der Waals surface area contributed by atoms with Crippen molar-refractivity contribution >= 4 is 50.8 Å². The maximum atomic E-state index is 12.3. The van der Waals surface area contributed by atoms with Gasteiger partial charge in [0.05, 0.1) is 15.5 Å². The molecule has 28 heavy (non-hydrogen) atoms. The summed E-state index contributed by atoms with van der Waals surface area (Å²) in [5.41, 5.74) is 1.01. The number of carbonyl (C=O) groups is 2. The van der Waals surface area contributed by atoms with Crippen molar-refractivity contribution in [2.75, 3.05) is 26.0 Å². The molecule has 0 aliphatic carbocycles. The van der Waals surface area contributed by atoms with Crippen molar-refractivity contribution in [1.82, 2.24) is 4.31 Å². The summed E-state index contributed by atoms with van der Waals surface area (Å²) in [7, 11) is -1.03. The van der Waals surface area contributed by atoms with E-state index in [9.17, 15) is 18.0 Å². The van der Waals surface area contributed by atoms with Crippen LogP contribution >= 0.6 is 23.2 Å². The van der Waals surface area contributed by atoms with Crippen LogP contribution in [0, 0.1) is 6.92 Å². The maximum absolute atomic E-state index is 12.3. The van der Waals surface area contributed by atoms with E-state index in [0.717, 1.165) is 10.4 Å². The number of carbonyl (C=O) groups excluding carboxylic acids is 2. The monoisotopic (exact) mass is 444 g/mol. The van der Waals surface area contributed by atoms with Crippen molar-refractivity contribution in [2.45, 2.75) is 11.8 Å². The lowest BCUT2D eigenvalue weighted by atomic mass is 10.2. The van der Waals surface area contributed by atoms with Crippen LogP contribution in [0.15, 0.2) is 41.3 Å². The van der Waals surface area contributed by atoms with Crippen LogP contribution in [0.4, 0.5) is 5.69 Å². The number of hydrogen-bond acceptors (Lipinski definition) is 5. The number of amides is 1. The molecule has 2 aromatic carbocycles. The number of rotatable bonds is 6. The molecule has 1 N–H and O–H groups in total. The highest BCUT2D eigenvalue weighted by Crippen LogP contribution is 2.24. The second kappa shape index (κ2) is 8.91. The summed E-state index contributed by atoms with van der Waals surface area (Å²) < 4.78 is 30.4. The third-order valence-electron chi connectivity index (χ3n) is 3.81. The summed E-state index contributed by atoms with van der Waals surface area (Å²) >= 11 is 12.0. The zero-order chi connectivity index (χ0) is 21.1. The van der Waals surface area contributed by atoms with Crippen molar-refractivity contribution < 1.29 is 22.7 Å². The maximum Gasteiger partial charge on any atom is 0.340 e. The summed E-state index contributed by atoms with van der Waals surface area (Å²) in [4.78, 5) is 24.2. The first-order chi connectivity index (χ1) is 13.0. The van der Waals surface area contributed by atoms with Gasteiger partial charge in [-0.1, -0.05) is 29.3 Å². The Morgan fingerprint density at radius 3 is 2.43 bits per heavy atom. The molecule has 0 aromatic heterocycles. The van der Waals surface area contributed by atoms with E-state index >= 15 is 0 Å². The number of halogens is 2. The second-order valence-electron chi connectivity index (χ2n) is 5.97. The summed E-state index contributed by atoms with van der Waals surface area (Å²) in [5.74, 6) is -1.49. The summed E-state index contributed by atoms with van der Waals surface area (Å²) in [6.45, 7) is 1.16. The van der Waals surface area contributed by atoms with Gasteiger partial charge in [-0.15, -0.1) is 0 Å². The van der Waals surface area contributed by atoms with Gasteiger partial charge in [-0.05, 0) is 42.8 Å². The lowest BCUT2D eigenvalue weighted by molar-refractivity contribution is -0.119. The fraction of sp³-hybridized carbons (Fsp3) is 0.222. The molecule has 0 bridgehead atoms. The van der Waals surface area contributed by atoms with Crippen LogP contribution in [0.1, 0.15) is 15.9 Å². The Morgan fingerprint density at radius 2 is 1.79 bits per heavy atom. The number of nitrogens with one attached hydrogen (secondary N) is 1. The van der Waals surface area contributed by atoms with Gasteiger partial charge >= 0.3 is 5.97 Å². The van der Waals surface area contributed by atoms with E-state index in [0.29, 0.717) is 16.3 Å². The number of benzene rings is 2. The molecule has 0 atom stereocenters. The quantitative estimate of drug-likeness (QED) is 0.689. The van der Waals surface area contributed by atoms with E-state index in [1.54, 1.807) is 25.1 Å². The van der Waals surface area contributed by atoms with Crippen LogP contribution in [0.25, 0.3) is 0 Å². The molecule has 0 spiro atoms. The van der Waals surface area contributed by atoms with Crippen LogP contribution in [0.5, 0.6) is 0 Å². The van der Waals surface area contributed by atoms with Crippen molar-refractivity contribution in [1.29, 1.82) is 0 Å². The third kappa shape index (κ3) is 5.02. The molecule has 0 radical (unpaired) electrons. The Bertz CT molecular complexity index is 1020. The minimum Gasteiger partial charge on any atom is -0.452 e. The van der Waals surface area contributed by atoms with Gasteiger partial charge in [0.2, 0.25) is 10.0 Å². The highest BCUT2D eigenvalue weighted by molar-refractivity contribution is 7.89. The minimum atomic E-state index is -3.76. The number of ether oxygens (including phenoxy) is 1. The molecular weight excluding hydrogens is 427 g/mol. The van der Waals surface area contributed by atoms with E-state index in [2.05, 4.69) is 5.32 Å². The van der Waals surface area contributed by atoms with Crippen LogP contribution in [-0.4, -0.2) is 45.3 Å². The van der Waals surface area contributed by atoms with Gasteiger partial charge in [0.1, 0.15) is 0 Å². The van der Waals surface area contributed by atoms with Crippen LogP contribution in [0.3, 0.4) is 0 Å². The van der Waals surface area contributed by atoms with E-state index in [-0.39, 0.29) is 15.5 Å². The van der Waals surface area contributed by atoms with Crippen LogP contribution < -0.4 is 5.32 Å². The molecule has 0 heterocycles. The molecule has 0 unspecified atom stereocenters. The molecule has 0 aliphatic heterocycles. The van der Waals surface area contributed by atoms with Gasteiger partial charge in [-0.25, -0.2) is 17.5 Å². The third-order valence-corrected chi connectivity index (χ3v) is 6.36. The summed E-state index contributed by atoms with van der Waals surface area (Å²) in [6, 6.07) is 8.69. The lowest BCUT2D eigenvalue weighted by Gasteiger charge is -2.13. The van der Waals surface area contributed by atoms with Gasteiger partial charge in [0.15, 0.2) is 6.61 Å². The fourth-order valence-corrected chi connectivity index (χ4v) is 3.47. The van der Waals surface area contributed by atoms with E-state index in [1.165, 1.54) is 26.2 Å². The standard InChI is InChI=1S/C18H18Cl2N2O5S/c1-11-14(19)5-4-6-16(11)21-17(23)10-27-18(24)13-9-12(7-8-15(13)20)28(25,26)22(2)3/h4-9H,10H2,1-3H3,(H,21,23). The Kier molecular flexibility index (Phi) is 7.06. The number of hydrogen-bond donors (Lipinski definition) is 1. The zero-order valence-electron chi connectivity index (χ0n) is 15.3. The fourth-order valence-electron chi connectivity index (χ4n) is 2.17. The molecule has 2 rings (SSSR count). The first kappa shape index (κ1) is 22.2. The van der Waals surface area contributed by atoms with Crippen LogP contribution in [0.2, 0.25) is 10.0 Å². The van der Waals surface area contributed by atoms with E-state index < -0.39 is 28.5 Å². The van der Waals surface area contributed by atoms with Crippen molar-refractivity contribution in [3.05, 3.63) is 57.6 Å². The van der Waals surface area contributed by atoms with Gasteiger partial charge in [-0.2, -0.15) is 0 Å². The number of sulfonamides is 1.